The molecule has 0 aliphatic heterocycles. The van der Waals surface area contributed by atoms with E-state index in [1.165, 1.54) is 4.80 Å². The molecule has 7 nitrogen and oxygen atoms in total. The van der Waals surface area contributed by atoms with Crippen LogP contribution in [0.2, 0.25) is 0 Å². The highest BCUT2D eigenvalue weighted by Gasteiger charge is 2.10. The highest BCUT2D eigenvalue weighted by Crippen LogP contribution is 2.23. The van der Waals surface area contributed by atoms with Gasteiger partial charge in [0.05, 0.1) is 5.69 Å². The molecule has 1 amide bonds. The molecule has 0 aliphatic rings. The first-order chi connectivity index (χ1) is 12.7. The molecule has 0 aliphatic carbocycles. The Morgan fingerprint density at radius 3 is 2.54 bits per heavy atom. The molecule has 2 aromatic carbocycles. The molecule has 0 saturated heterocycles. The van der Waals surface area contributed by atoms with E-state index in [0.717, 1.165) is 21.8 Å². The second kappa shape index (κ2) is 6.85. The number of hydrogen-bond donors (Lipinski definition) is 1. The topological polar surface area (TPSA) is 99.6 Å². The molecule has 2 aromatic heterocycles. The van der Waals surface area contributed by atoms with Gasteiger partial charge < -0.3 is 5.73 Å². The Morgan fingerprint density at radius 2 is 1.81 bits per heavy atom. The van der Waals surface area contributed by atoms with Gasteiger partial charge in [0.1, 0.15) is 11.6 Å². The van der Waals surface area contributed by atoms with Crippen molar-refractivity contribution in [3.63, 3.8) is 0 Å². The van der Waals surface area contributed by atoms with Gasteiger partial charge in [-0.15, -0.1) is 21.5 Å². The van der Waals surface area contributed by atoms with Crippen molar-refractivity contribution >= 4 is 17.2 Å². The van der Waals surface area contributed by atoms with Crippen LogP contribution in [0, 0.1) is 0 Å². The van der Waals surface area contributed by atoms with Crippen molar-refractivity contribution in [1.82, 2.24) is 25.2 Å². The van der Waals surface area contributed by atoms with Gasteiger partial charge in [-0.1, -0.05) is 42.5 Å². The third-order valence-electron chi connectivity index (χ3n) is 3.76. The van der Waals surface area contributed by atoms with Gasteiger partial charge in [0.2, 0.25) is 11.7 Å². The Hall–Kier alpha value is -3.39. The summed E-state index contributed by atoms with van der Waals surface area (Å²) in [4.78, 5) is 17.3. The van der Waals surface area contributed by atoms with Crippen molar-refractivity contribution in [2.75, 3.05) is 0 Å². The molecule has 4 aromatic rings. The lowest BCUT2D eigenvalue weighted by Gasteiger charge is -1.97. The average molecular weight is 362 g/mol. The lowest BCUT2D eigenvalue weighted by atomic mass is 10.1. The molecule has 8 heteroatoms. The highest BCUT2D eigenvalue weighted by molar-refractivity contribution is 7.13. The molecule has 2 N–H and O–H groups in total. The zero-order chi connectivity index (χ0) is 17.9. The number of nitrogens with two attached hydrogens (primary N) is 1. The van der Waals surface area contributed by atoms with Crippen LogP contribution in [0.1, 0.15) is 16.1 Å². The number of hydrogen-bond acceptors (Lipinski definition) is 6. The van der Waals surface area contributed by atoms with Crippen LogP contribution >= 0.6 is 11.3 Å². The average Bonchev–Trinajstić information content (AvgIpc) is 3.33. The van der Waals surface area contributed by atoms with Crippen LogP contribution < -0.4 is 5.73 Å². The van der Waals surface area contributed by atoms with Crippen LogP contribution in [-0.4, -0.2) is 31.1 Å². The number of nitrogens with zero attached hydrogens (tertiary/aromatic N) is 5. The van der Waals surface area contributed by atoms with Gasteiger partial charge in [-0.25, -0.2) is 4.98 Å². The van der Waals surface area contributed by atoms with Gasteiger partial charge in [-0.05, 0) is 17.3 Å². The minimum absolute atomic E-state index is 0.440. The predicted molar refractivity (Wildman–Crippen MR) is 98.4 cm³/mol. The number of benzene rings is 2. The molecule has 26 heavy (non-hydrogen) atoms. The molecule has 0 atom stereocenters. The zero-order valence-corrected chi connectivity index (χ0v) is 14.4. The molecule has 0 fully saturated rings. The first-order valence-corrected chi connectivity index (χ1v) is 8.75. The molecule has 0 bridgehead atoms. The van der Waals surface area contributed by atoms with E-state index in [2.05, 4.69) is 20.4 Å². The fourth-order valence-electron chi connectivity index (χ4n) is 2.45. The summed E-state index contributed by atoms with van der Waals surface area (Å²) in [6.07, 6.45) is 0. The second-order valence-electron chi connectivity index (χ2n) is 5.60. The van der Waals surface area contributed by atoms with E-state index in [4.69, 9.17) is 5.73 Å². The number of amides is 1. The molecule has 0 unspecified atom stereocenters. The van der Waals surface area contributed by atoms with Crippen molar-refractivity contribution in [3.8, 4) is 22.0 Å². The molecule has 4 rings (SSSR count). The Morgan fingerprint density at radius 1 is 1.04 bits per heavy atom. The molecule has 0 radical (unpaired) electrons. The lowest BCUT2D eigenvalue weighted by Crippen LogP contribution is -2.10. The van der Waals surface area contributed by atoms with E-state index >= 15 is 0 Å². The van der Waals surface area contributed by atoms with Crippen LogP contribution in [0.4, 0.5) is 0 Å². The SMILES string of the molecule is NC(=O)c1ccc(-c2nnn(Cc3csc(-c4ccccc4)n3)n2)cc1. The van der Waals surface area contributed by atoms with E-state index in [1.807, 2.05) is 35.7 Å². The normalized spacial score (nSPS) is 10.8. The lowest BCUT2D eigenvalue weighted by molar-refractivity contribution is 0.100. The summed E-state index contributed by atoms with van der Waals surface area (Å²) in [5, 5.41) is 15.5. The number of primary amides is 1. The van der Waals surface area contributed by atoms with Crippen molar-refractivity contribution < 1.29 is 4.79 Å². The summed E-state index contributed by atoms with van der Waals surface area (Å²) < 4.78 is 0. The van der Waals surface area contributed by atoms with Gasteiger partial charge in [-0.2, -0.15) is 4.80 Å². The summed E-state index contributed by atoms with van der Waals surface area (Å²) in [6, 6.07) is 16.8. The first-order valence-electron chi connectivity index (χ1n) is 7.87. The monoisotopic (exact) mass is 362 g/mol. The minimum Gasteiger partial charge on any atom is -0.366 e. The number of aromatic nitrogens is 5. The van der Waals surface area contributed by atoms with Crippen LogP contribution in [0.5, 0.6) is 0 Å². The summed E-state index contributed by atoms with van der Waals surface area (Å²) in [6.45, 7) is 0.440. The van der Waals surface area contributed by atoms with E-state index in [0.29, 0.717) is 17.9 Å². The zero-order valence-electron chi connectivity index (χ0n) is 13.6. The number of carbonyl (C=O) groups is 1. The molecule has 2 heterocycles. The maximum atomic E-state index is 11.1. The summed E-state index contributed by atoms with van der Waals surface area (Å²) in [5.41, 5.74) is 8.42. The third kappa shape index (κ3) is 3.35. The van der Waals surface area contributed by atoms with Crippen molar-refractivity contribution in [3.05, 3.63) is 71.2 Å². The van der Waals surface area contributed by atoms with Gasteiger partial charge >= 0.3 is 0 Å². The van der Waals surface area contributed by atoms with Crippen LogP contribution in [0.25, 0.3) is 22.0 Å². The maximum Gasteiger partial charge on any atom is 0.248 e. The maximum absolute atomic E-state index is 11.1. The smallest absolute Gasteiger partial charge is 0.248 e. The summed E-state index contributed by atoms with van der Waals surface area (Å²) in [7, 11) is 0. The molecule has 0 spiro atoms. The Balaban J connectivity index is 1.50. The van der Waals surface area contributed by atoms with E-state index in [1.54, 1.807) is 35.6 Å². The van der Waals surface area contributed by atoms with Gasteiger partial charge in [0.15, 0.2) is 0 Å². The Bertz CT molecular complexity index is 1040. The molecule has 0 saturated carbocycles. The first kappa shape index (κ1) is 16.1. The largest absolute Gasteiger partial charge is 0.366 e. The van der Waals surface area contributed by atoms with E-state index in [-0.39, 0.29) is 0 Å². The van der Waals surface area contributed by atoms with Crippen molar-refractivity contribution in [1.29, 1.82) is 0 Å². The number of thiazole rings is 1. The Kier molecular flexibility index (Phi) is 4.24. The molecular weight excluding hydrogens is 348 g/mol. The van der Waals surface area contributed by atoms with Crippen LogP contribution in [-0.2, 0) is 6.54 Å². The van der Waals surface area contributed by atoms with Gasteiger partial charge in [0, 0.05) is 22.1 Å². The van der Waals surface area contributed by atoms with E-state index in [9.17, 15) is 4.79 Å². The predicted octanol–water partition coefficient (Wildman–Crippen LogP) is 2.61. The van der Waals surface area contributed by atoms with Crippen molar-refractivity contribution in [2.45, 2.75) is 6.54 Å². The number of tetrazole rings is 1. The van der Waals surface area contributed by atoms with Crippen molar-refractivity contribution in [2.24, 2.45) is 5.73 Å². The molecule has 128 valence electrons. The van der Waals surface area contributed by atoms with Gasteiger partial charge in [0.25, 0.3) is 0 Å². The third-order valence-corrected chi connectivity index (χ3v) is 4.70. The highest BCUT2D eigenvalue weighted by atomic mass is 32.1. The standard InChI is InChI=1S/C18H14N6OS/c19-16(25)12-6-8-13(9-7-12)17-21-23-24(22-17)10-15-11-26-18(20-15)14-4-2-1-3-5-14/h1-9,11H,10H2,(H2,19,25). The number of rotatable bonds is 5. The quantitative estimate of drug-likeness (QED) is 0.588. The van der Waals surface area contributed by atoms with Crippen LogP contribution in [0.3, 0.4) is 0 Å². The summed E-state index contributed by atoms with van der Waals surface area (Å²) in [5.74, 6) is 0.0189. The fraction of sp³-hybridized carbons (Fsp3) is 0.0556. The second-order valence-corrected chi connectivity index (χ2v) is 6.45. The van der Waals surface area contributed by atoms with E-state index < -0.39 is 5.91 Å². The number of carbonyl (C=O) groups excluding carboxylic acids is 1. The van der Waals surface area contributed by atoms with Crippen LogP contribution in [0.15, 0.2) is 60.0 Å². The molecular formula is C18H14N6OS. The van der Waals surface area contributed by atoms with Gasteiger partial charge in [-0.3, -0.25) is 4.79 Å². The Labute approximate surface area is 153 Å². The summed E-state index contributed by atoms with van der Waals surface area (Å²) >= 11 is 1.59. The fourth-order valence-corrected chi connectivity index (χ4v) is 3.26. The minimum atomic E-state index is -0.467.